The fourth-order valence-electron chi connectivity index (χ4n) is 4.30. The predicted octanol–water partition coefficient (Wildman–Crippen LogP) is 7.56. The van der Waals surface area contributed by atoms with Crippen LogP contribution in [-0.4, -0.2) is 26.5 Å². The molecule has 192 valence electrons. The summed E-state index contributed by atoms with van der Waals surface area (Å²) in [6.07, 6.45) is 3.76. The van der Waals surface area contributed by atoms with Crippen molar-refractivity contribution < 1.29 is 14.7 Å². The van der Waals surface area contributed by atoms with Gasteiger partial charge in [0.1, 0.15) is 16.4 Å². The van der Waals surface area contributed by atoms with E-state index in [-0.39, 0.29) is 22.0 Å². The van der Waals surface area contributed by atoms with Gasteiger partial charge in [-0.15, -0.1) is 16.5 Å². The SMILES string of the molecule is C/C(O)=C(\N=Nc1ccc(Cl)cc1)C(=O)Nc1c2c3c(sc2nc(=S)n1C(=O)c1ccccc1)CCCC3. The maximum atomic E-state index is 13.6. The first-order chi connectivity index (χ1) is 18.3. The van der Waals surface area contributed by atoms with Crippen LogP contribution in [0.5, 0.6) is 0 Å². The maximum absolute atomic E-state index is 13.6. The lowest BCUT2D eigenvalue weighted by Crippen LogP contribution is -2.24. The summed E-state index contributed by atoms with van der Waals surface area (Å²) in [5.74, 6) is -1.30. The molecule has 1 amide bonds. The number of carbonyl (C=O) groups excluding carboxylic acids is 2. The lowest BCUT2D eigenvalue weighted by molar-refractivity contribution is -0.113. The molecule has 1 aliphatic carbocycles. The molecule has 2 aromatic carbocycles. The minimum absolute atomic E-state index is 0.0225. The number of azo groups is 1. The van der Waals surface area contributed by atoms with E-state index in [9.17, 15) is 14.7 Å². The van der Waals surface area contributed by atoms with Crippen molar-refractivity contribution >= 4 is 68.7 Å². The van der Waals surface area contributed by atoms with E-state index in [1.807, 2.05) is 6.07 Å². The van der Waals surface area contributed by atoms with Crippen LogP contribution in [0.4, 0.5) is 11.5 Å². The number of rotatable bonds is 5. The Morgan fingerprint density at radius 2 is 1.82 bits per heavy atom. The van der Waals surface area contributed by atoms with E-state index in [0.29, 0.717) is 26.5 Å². The zero-order chi connectivity index (χ0) is 26.8. The van der Waals surface area contributed by atoms with Gasteiger partial charge in [-0.05, 0) is 86.8 Å². The molecule has 2 N–H and O–H groups in total. The lowest BCUT2D eigenvalue weighted by atomic mass is 9.97. The molecule has 0 fully saturated rings. The van der Waals surface area contributed by atoms with Gasteiger partial charge in [0.15, 0.2) is 5.70 Å². The van der Waals surface area contributed by atoms with Crippen LogP contribution in [0.1, 0.15) is 40.6 Å². The lowest BCUT2D eigenvalue weighted by Gasteiger charge is -2.17. The van der Waals surface area contributed by atoms with Crippen LogP contribution in [0.15, 0.2) is 76.3 Å². The molecule has 5 rings (SSSR count). The van der Waals surface area contributed by atoms with E-state index >= 15 is 0 Å². The predicted molar refractivity (Wildman–Crippen MR) is 151 cm³/mol. The molecule has 0 bridgehead atoms. The van der Waals surface area contributed by atoms with Crippen molar-refractivity contribution in [3.8, 4) is 0 Å². The number of hydrogen-bond donors (Lipinski definition) is 2. The maximum Gasteiger partial charge on any atom is 0.280 e. The standard InChI is InChI=1S/C27H22ClN5O3S2/c1-15(34)22(32-31-18-13-11-17(28)12-14-18)24(35)29-23-21-19-9-5-6-10-20(19)38-25(21)30-27(37)33(23)26(36)16-7-3-2-4-8-16/h2-4,7-8,11-14,34H,5-6,9-10H2,1H3,(H,29,35)/b22-15+,32-31?. The van der Waals surface area contributed by atoms with Gasteiger partial charge in [0.2, 0.25) is 4.77 Å². The first-order valence-electron chi connectivity index (χ1n) is 11.9. The van der Waals surface area contributed by atoms with Gasteiger partial charge in [-0.25, -0.2) is 9.55 Å². The van der Waals surface area contributed by atoms with Gasteiger partial charge < -0.3 is 10.4 Å². The third kappa shape index (κ3) is 5.15. The number of thiophene rings is 1. The second-order valence-corrected chi connectivity index (χ2v) is 10.6. The molecule has 0 radical (unpaired) electrons. The smallest absolute Gasteiger partial charge is 0.280 e. The topological polar surface area (TPSA) is 109 Å². The molecule has 1 aliphatic rings. The number of anilines is 1. The number of nitrogens with one attached hydrogen (secondary N) is 1. The summed E-state index contributed by atoms with van der Waals surface area (Å²) in [6, 6.07) is 15.2. The van der Waals surface area contributed by atoms with Gasteiger partial charge in [0.05, 0.1) is 11.1 Å². The third-order valence-corrected chi connectivity index (χ3v) is 7.82. The highest BCUT2D eigenvalue weighted by Gasteiger charge is 2.27. The molecule has 0 aliphatic heterocycles. The largest absolute Gasteiger partial charge is 0.510 e. The van der Waals surface area contributed by atoms with E-state index in [2.05, 4.69) is 20.5 Å². The van der Waals surface area contributed by atoms with E-state index in [1.165, 1.54) is 27.7 Å². The molecule has 0 saturated heterocycles. The molecule has 0 unspecified atom stereocenters. The minimum Gasteiger partial charge on any atom is -0.510 e. The number of amides is 1. The summed E-state index contributed by atoms with van der Waals surface area (Å²) in [4.78, 5) is 33.5. The number of aliphatic hydroxyl groups excluding tert-OH is 1. The summed E-state index contributed by atoms with van der Waals surface area (Å²) in [5.41, 5.74) is 1.58. The van der Waals surface area contributed by atoms with Crippen molar-refractivity contribution in [1.82, 2.24) is 9.55 Å². The van der Waals surface area contributed by atoms with Crippen LogP contribution in [-0.2, 0) is 17.6 Å². The number of benzene rings is 2. The normalized spacial score (nSPS) is 13.8. The molecule has 0 atom stereocenters. The van der Waals surface area contributed by atoms with Crippen LogP contribution >= 0.6 is 35.2 Å². The molecular weight excluding hydrogens is 542 g/mol. The average Bonchev–Trinajstić information content (AvgIpc) is 3.28. The highest BCUT2D eigenvalue weighted by atomic mass is 35.5. The second kappa shape index (κ2) is 10.9. The van der Waals surface area contributed by atoms with Crippen LogP contribution < -0.4 is 5.32 Å². The number of aliphatic hydroxyl groups is 1. The Morgan fingerprint density at radius 3 is 2.53 bits per heavy atom. The van der Waals surface area contributed by atoms with Crippen LogP contribution in [0, 0.1) is 4.77 Å². The molecule has 38 heavy (non-hydrogen) atoms. The molecule has 0 spiro atoms. The molecule has 0 saturated carbocycles. The fourth-order valence-corrected chi connectivity index (χ4v) is 6.01. The Morgan fingerprint density at radius 1 is 1.11 bits per heavy atom. The zero-order valence-corrected chi connectivity index (χ0v) is 22.7. The van der Waals surface area contributed by atoms with Crippen molar-refractivity contribution in [3.05, 3.63) is 91.9 Å². The highest BCUT2D eigenvalue weighted by Crippen LogP contribution is 2.39. The van der Waals surface area contributed by atoms with Crippen molar-refractivity contribution in [2.45, 2.75) is 32.6 Å². The Balaban J connectivity index is 1.63. The van der Waals surface area contributed by atoms with Gasteiger partial charge >= 0.3 is 0 Å². The quantitative estimate of drug-likeness (QED) is 0.113. The van der Waals surface area contributed by atoms with E-state index in [1.54, 1.807) is 48.5 Å². The first-order valence-corrected chi connectivity index (χ1v) is 13.5. The van der Waals surface area contributed by atoms with Crippen LogP contribution in [0.3, 0.4) is 0 Å². The number of hydrogen-bond acceptors (Lipinski definition) is 8. The third-order valence-electron chi connectivity index (χ3n) is 6.11. The number of halogens is 1. The minimum atomic E-state index is -0.741. The van der Waals surface area contributed by atoms with Gasteiger partial charge in [-0.3, -0.25) is 9.59 Å². The van der Waals surface area contributed by atoms with Gasteiger partial charge in [0, 0.05) is 15.5 Å². The number of nitrogens with zero attached hydrogens (tertiary/aromatic N) is 4. The average molecular weight is 564 g/mol. The molecular formula is C27H22ClN5O3S2. The molecule has 11 heteroatoms. The fraction of sp³-hybridized carbons (Fsp3) is 0.185. The van der Waals surface area contributed by atoms with Gasteiger partial charge in [-0.2, -0.15) is 5.11 Å². The Hall–Kier alpha value is -3.73. The Bertz CT molecular complexity index is 1670. The van der Waals surface area contributed by atoms with Gasteiger partial charge in [0.25, 0.3) is 11.8 Å². The summed E-state index contributed by atoms with van der Waals surface area (Å²) in [7, 11) is 0. The van der Waals surface area contributed by atoms with E-state index in [4.69, 9.17) is 23.8 Å². The van der Waals surface area contributed by atoms with Crippen molar-refractivity contribution in [2.75, 3.05) is 5.32 Å². The zero-order valence-electron chi connectivity index (χ0n) is 20.3. The Kier molecular flexibility index (Phi) is 7.46. The summed E-state index contributed by atoms with van der Waals surface area (Å²) >= 11 is 13.0. The van der Waals surface area contributed by atoms with Gasteiger partial charge in [-0.1, -0.05) is 29.8 Å². The second-order valence-electron chi connectivity index (χ2n) is 8.71. The van der Waals surface area contributed by atoms with Crippen LogP contribution in [0.2, 0.25) is 5.02 Å². The summed E-state index contributed by atoms with van der Waals surface area (Å²) in [6.45, 7) is 1.34. The number of aryl methyl sites for hydroxylation is 2. The molecule has 8 nitrogen and oxygen atoms in total. The molecule has 2 aromatic heterocycles. The molecule has 2 heterocycles. The summed E-state index contributed by atoms with van der Waals surface area (Å²) in [5, 5.41) is 22.4. The molecule has 4 aromatic rings. The number of fused-ring (bicyclic) bond motifs is 3. The van der Waals surface area contributed by atoms with Crippen molar-refractivity contribution in [1.29, 1.82) is 0 Å². The number of carbonyl (C=O) groups is 2. The van der Waals surface area contributed by atoms with E-state index in [0.717, 1.165) is 31.2 Å². The van der Waals surface area contributed by atoms with Crippen molar-refractivity contribution in [3.63, 3.8) is 0 Å². The Labute approximate surface area is 232 Å². The number of allylic oxidation sites excluding steroid dienone is 1. The van der Waals surface area contributed by atoms with E-state index < -0.39 is 11.8 Å². The highest BCUT2D eigenvalue weighted by molar-refractivity contribution is 7.71. The first kappa shape index (κ1) is 25.9. The monoisotopic (exact) mass is 563 g/mol. The summed E-state index contributed by atoms with van der Waals surface area (Å²) < 4.78 is 1.27. The number of aromatic nitrogens is 2. The van der Waals surface area contributed by atoms with Crippen molar-refractivity contribution in [2.24, 2.45) is 10.2 Å². The van der Waals surface area contributed by atoms with Crippen LogP contribution in [0.25, 0.3) is 10.2 Å².